The van der Waals surface area contributed by atoms with Crippen molar-refractivity contribution in [2.45, 2.75) is 45.2 Å². The standard InChI is InChI=1S/C13H24N2O6/c1-9(2)15(7-8-21-3)13(20)14-10(12(18)19)5-4-6-11(16)17/h9-10H,4-8H2,1-3H3,(H,14,20)(H,16,17)(H,18,19)/t10-/m1/s1. The van der Waals surface area contributed by atoms with Gasteiger partial charge in [0.2, 0.25) is 0 Å². The summed E-state index contributed by atoms with van der Waals surface area (Å²) in [7, 11) is 1.52. The summed E-state index contributed by atoms with van der Waals surface area (Å²) in [4.78, 5) is 35.1. The lowest BCUT2D eigenvalue weighted by atomic mass is 10.1. The number of methoxy groups -OCH3 is 1. The quantitative estimate of drug-likeness (QED) is 0.548. The number of hydrogen-bond acceptors (Lipinski definition) is 4. The van der Waals surface area contributed by atoms with Crippen LogP contribution in [0.1, 0.15) is 33.1 Å². The highest BCUT2D eigenvalue weighted by atomic mass is 16.5. The molecule has 0 unspecified atom stereocenters. The third kappa shape index (κ3) is 8.13. The van der Waals surface area contributed by atoms with Gasteiger partial charge in [0.05, 0.1) is 6.61 Å². The predicted octanol–water partition coefficient (Wildman–Crippen LogP) is 0.761. The second kappa shape index (κ2) is 9.98. The number of hydrogen-bond donors (Lipinski definition) is 3. The number of rotatable bonds is 10. The zero-order valence-corrected chi connectivity index (χ0v) is 12.7. The molecule has 8 heteroatoms. The molecule has 1 atom stereocenters. The summed E-state index contributed by atoms with van der Waals surface area (Å²) in [6, 6.07) is -1.70. The molecule has 0 saturated carbocycles. The van der Waals surface area contributed by atoms with Gasteiger partial charge >= 0.3 is 18.0 Å². The Bertz CT molecular complexity index is 359. The monoisotopic (exact) mass is 304 g/mol. The Labute approximate surface area is 124 Å². The molecule has 0 rings (SSSR count). The highest BCUT2D eigenvalue weighted by Crippen LogP contribution is 2.05. The molecule has 0 spiro atoms. The number of ether oxygens (including phenoxy) is 1. The van der Waals surface area contributed by atoms with Crippen LogP contribution in [0.5, 0.6) is 0 Å². The number of carboxylic acid groups (broad SMARTS) is 2. The number of nitrogens with one attached hydrogen (secondary N) is 1. The molecular weight excluding hydrogens is 280 g/mol. The van der Waals surface area contributed by atoms with Gasteiger partial charge in [-0.15, -0.1) is 0 Å². The van der Waals surface area contributed by atoms with Crippen LogP contribution >= 0.6 is 0 Å². The second-order valence-corrected chi connectivity index (χ2v) is 4.91. The fraction of sp³-hybridized carbons (Fsp3) is 0.769. The number of urea groups is 1. The first-order valence-corrected chi connectivity index (χ1v) is 6.80. The highest BCUT2D eigenvalue weighted by molar-refractivity contribution is 5.82. The minimum Gasteiger partial charge on any atom is -0.481 e. The first kappa shape index (κ1) is 19.2. The topological polar surface area (TPSA) is 116 Å². The van der Waals surface area contributed by atoms with Crippen molar-refractivity contribution in [1.82, 2.24) is 10.2 Å². The first-order chi connectivity index (χ1) is 9.79. The molecule has 8 nitrogen and oxygen atoms in total. The van der Waals surface area contributed by atoms with Gasteiger partial charge < -0.3 is 25.2 Å². The van der Waals surface area contributed by atoms with Crippen molar-refractivity contribution in [2.24, 2.45) is 0 Å². The van der Waals surface area contributed by atoms with E-state index in [0.29, 0.717) is 13.2 Å². The molecule has 21 heavy (non-hydrogen) atoms. The molecule has 0 bridgehead atoms. The van der Waals surface area contributed by atoms with Crippen LogP contribution < -0.4 is 5.32 Å². The van der Waals surface area contributed by atoms with Gasteiger partial charge in [0.1, 0.15) is 6.04 Å². The predicted molar refractivity (Wildman–Crippen MR) is 75.2 cm³/mol. The summed E-state index contributed by atoms with van der Waals surface area (Å²) in [5.74, 6) is -2.17. The molecule has 0 aliphatic rings. The minimum absolute atomic E-state index is 0.0730. The van der Waals surface area contributed by atoms with Gasteiger partial charge in [-0.1, -0.05) is 0 Å². The van der Waals surface area contributed by atoms with Crippen molar-refractivity contribution in [1.29, 1.82) is 0 Å². The Morgan fingerprint density at radius 3 is 2.29 bits per heavy atom. The van der Waals surface area contributed by atoms with Crippen molar-refractivity contribution in [2.75, 3.05) is 20.3 Å². The SMILES string of the molecule is COCCN(C(=O)N[C@H](CCCC(=O)O)C(=O)O)C(C)C. The van der Waals surface area contributed by atoms with E-state index in [0.717, 1.165) is 0 Å². The highest BCUT2D eigenvalue weighted by Gasteiger charge is 2.24. The number of amides is 2. The van der Waals surface area contributed by atoms with Crippen LogP contribution in [0, 0.1) is 0 Å². The molecule has 2 amide bonds. The maximum Gasteiger partial charge on any atom is 0.326 e. The summed E-state index contributed by atoms with van der Waals surface area (Å²) >= 11 is 0. The Balaban J connectivity index is 4.55. The maximum absolute atomic E-state index is 12.1. The molecule has 0 aromatic rings. The smallest absolute Gasteiger partial charge is 0.326 e. The Morgan fingerprint density at radius 2 is 1.86 bits per heavy atom. The van der Waals surface area contributed by atoms with E-state index < -0.39 is 24.0 Å². The van der Waals surface area contributed by atoms with Gasteiger partial charge in [-0.25, -0.2) is 9.59 Å². The number of carbonyl (C=O) groups excluding carboxylic acids is 1. The fourth-order valence-electron chi connectivity index (χ4n) is 1.73. The minimum atomic E-state index is -1.18. The normalized spacial score (nSPS) is 12.0. The number of carbonyl (C=O) groups is 3. The summed E-state index contributed by atoms with van der Waals surface area (Å²) < 4.78 is 4.91. The van der Waals surface area contributed by atoms with Gasteiger partial charge in [0, 0.05) is 26.1 Å². The number of carboxylic acids is 2. The average molecular weight is 304 g/mol. The molecule has 0 aromatic carbocycles. The summed E-state index contributed by atoms with van der Waals surface area (Å²) in [5, 5.41) is 20.0. The van der Waals surface area contributed by atoms with Crippen molar-refractivity contribution < 1.29 is 29.3 Å². The van der Waals surface area contributed by atoms with Crippen LogP contribution in [-0.4, -0.2) is 65.4 Å². The zero-order chi connectivity index (χ0) is 16.4. The lowest BCUT2D eigenvalue weighted by molar-refractivity contribution is -0.140. The molecule has 0 radical (unpaired) electrons. The Morgan fingerprint density at radius 1 is 1.24 bits per heavy atom. The number of nitrogens with zero attached hydrogens (tertiary/aromatic N) is 1. The maximum atomic E-state index is 12.1. The summed E-state index contributed by atoms with van der Waals surface area (Å²) in [5.41, 5.74) is 0. The van der Waals surface area contributed by atoms with Crippen LogP contribution in [0.15, 0.2) is 0 Å². The largest absolute Gasteiger partial charge is 0.481 e. The van der Waals surface area contributed by atoms with Crippen LogP contribution in [0.3, 0.4) is 0 Å². The van der Waals surface area contributed by atoms with Crippen LogP contribution in [0.25, 0.3) is 0 Å². The van der Waals surface area contributed by atoms with Crippen LogP contribution in [0.2, 0.25) is 0 Å². The Kier molecular flexibility index (Phi) is 9.11. The molecule has 122 valence electrons. The lowest BCUT2D eigenvalue weighted by Gasteiger charge is -2.28. The van der Waals surface area contributed by atoms with E-state index in [1.807, 2.05) is 13.8 Å². The molecule has 3 N–H and O–H groups in total. The molecular formula is C13H24N2O6. The van der Waals surface area contributed by atoms with Gasteiger partial charge in [-0.05, 0) is 26.7 Å². The van der Waals surface area contributed by atoms with E-state index in [1.54, 1.807) is 0 Å². The van der Waals surface area contributed by atoms with E-state index in [-0.39, 0.29) is 25.3 Å². The van der Waals surface area contributed by atoms with Gasteiger partial charge in [-0.3, -0.25) is 4.79 Å². The molecule has 0 saturated heterocycles. The molecule has 0 heterocycles. The zero-order valence-electron chi connectivity index (χ0n) is 12.7. The fourth-order valence-corrected chi connectivity index (χ4v) is 1.73. The third-order valence-electron chi connectivity index (χ3n) is 2.90. The second-order valence-electron chi connectivity index (χ2n) is 4.91. The third-order valence-corrected chi connectivity index (χ3v) is 2.90. The van der Waals surface area contributed by atoms with Crippen molar-refractivity contribution in [3.63, 3.8) is 0 Å². The van der Waals surface area contributed by atoms with Crippen molar-refractivity contribution in [3.8, 4) is 0 Å². The van der Waals surface area contributed by atoms with Gasteiger partial charge in [0.15, 0.2) is 0 Å². The van der Waals surface area contributed by atoms with E-state index in [2.05, 4.69) is 5.32 Å². The van der Waals surface area contributed by atoms with Crippen molar-refractivity contribution >= 4 is 18.0 Å². The van der Waals surface area contributed by atoms with Gasteiger partial charge in [0.25, 0.3) is 0 Å². The summed E-state index contributed by atoms with van der Waals surface area (Å²) in [6.45, 7) is 4.33. The van der Waals surface area contributed by atoms with Crippen molar-refractivity contribution in [3.05, 3.63) is 0 Å². The molecule has 0 fully saturated rings. The first-order valence-electron chi connectivity index (χ1n) is 6.80. The molecule has 0 aromatic heterocycles. The number of aliphatic carboxylic acids is 2. The van der Waals surface area contributed by atoms with E-state index >= 15 is 0 Å². The average Bonchev–Trinajstić information content (AvgIpc) is 2.36. The van der Waals surface area contributed by atoms with Crippen LogP contribution in [-0.2, 0) is 14.3 Å². The molecule has 0 aliphatic carbocycles. The lowest BCUT2D eigenvalue weighted by Crippen LogP contribution is -2.51. The van der Waals surface area contributed by atoms with Crippen LogP contribution in [0.4, 0.5) is 4.79 Å². The molecule has 0 aliphatic heterocycles. The van der Waals surface area contributed by atoms with Gasteiger partial charge in [-0.2, -0.15) is 0 Å². The van der Waals surface area contributed by atoms with E-state index in [1.165, 1.54) is 12.0 Å². The summed E-state index contributed by atoms with van der Waals surface area (Å²) in [6.07, 6.45) is 0.132. The Hall–Kier alpha value is -1.83. The van der Waals surface area contributed by atoms with E-state index in [4.69, 9.17) is 14.9 Å². The van der Waals surface area contributed by atoms with E-state index in [9.17, 15) is 14.4 Å².